The lowest BCUT2D eigenvalue weighted by Gasteiger charge is -2.15. The Balaban J connectivity index is 1.37. The summed E-state index contributed by atoms with van der Waals surface area (Å²) in [6, 6.07) is 11.7. The van der Waals surface area contributed by atoms with Crippen molar-refractivity contribution in [1.82, 2.24) is 34.4 Å². The van der Waals surface area contributed by atoms with E-state index < -0.39 is 0 Å². The monoisotopic (exact) mass is 363 g/mol. The molecule has 0 aliphatic rings. The number of carbonyl (C=O) groups excluding carboxylic acids is 1. The molecule has 27 heavy (non-hydrogen) atoms. The molecule has 8 nitrogen and oxygen atoms in total. The van der Waals surface area contributed by atoms with E-state index in [9.17, 15) is 4.79 Å². The maximum atomic E-state index is 12.6. The molecular weight excluding hydrogens is 342 g/mol. The fourth-order valence-corrected chi connectivity index (χ4v) is 3.07. The normalized spacial score (nSPS) is 11.1. The maximum Gasteiger partial charge on any atom is 0.274 e. The van der Waals surface area contributed by atoms with Gasteiger partial charge in [-0.1, -0.05) is 12.1 Å². The van der Waals surface area contributed by atoms with Crippen LogP contribution in [0.4, 0.5) is 0 Å². The van der Waals surface area contributed by atoms with E-state index in [4.69, 9.17) is 0 Å². The predicted octanol–water partition coefficient (Wildman–Crippen LogP) is 2.17. The summed E-state index contributed by atoms with van der Waals surface area (Å²) in [4.78, 5) is 18.6. The molecule has 0 saturated heterocycles. The molecule has 1 N–H and O–H groups in total. The Morgan fingerprint density at radius 1 is 1.26 bits per heavy atom. The summed E-state index contributed by atoms with van der Waals surface area (Å²) in [5, 5.41) is 11.3. The van der Waals surface area contributed by atoms with Gasteiger partial charge in [0.25, 0.3) is 5.91 Å². The Hall–Kier alpha value is -3.42. The van der Waals surface area contributed by atoms with Crippen molar-refractivity contribution >= 4 is 16.9 Å². The van der Waals surface area contributed by atoms with Crippen LogP contribution < -0.4 is 0 Å². The largest absolute Gasteiger partial charge is 0.340 e. The van der Waals surface area contributed by atoms with Crippen LogP contribution in [0.5, 0.6) is 0 Å². The summed E-state index contributed by atoms with van der Waals surface area (Å²) < 4.78 is 3.89. The molecule has 3 aromatic heterocycles. The van der Waals surface area contributed by atoms with Crippen molar-refractivity contribution in [2.24, 2.45) is 0 Å². The molecule has 1 amide bonds. The highest BCUT2D eigenvalue weighted by Crippen LogP contribution is 2.14. The highest BCUT2D eigenvalue weighted by molar-refractivity contribution is 5.92. The standard InChI is InChI=1S/C19H21N7O/c1-24(9-5-11-26-10-4-8-21-26)19(27)17-12-15(22-23-17)13-25-14-20-16-6-2-3-7-18(16)25/h2-4,6-8,10,12,14H,5,9,11,13H2,1H3,(H,22,23). The van der Waals surface area contributed by atoms with Crippen LogP contribution in [-0.4, -0.2) is 53.9 Å². The minimum absolute atomic E-state index is 0.0894. The van der Waals surface area contributed by atoms with Crippen molar-refractivity contribution in [2.45, 2.75) is 19.5 Å². The summed E-state index contributed by atoms with van der Waals surface area (Å²) in [7, 11) is 1.79. The number of hydrogen-bond acceptors (Lipinski definition) is 4. The molecule has 1 aromatic carbocycles. The van der Waals surface area contributed by atoms with Crippen LogP contribution in [-0.2, 0) is 13.1 Å². The maximum absolute atomic E-state index is 12.6. The van der Waals surface area contributed by atoms with Gasteiger partial charge < -0.3 is 9.47 Å². The van der Waals surface area contributed by atoms with Gasteiger partial charge in [0.15, 0.2) is 0 Å². The third-order valence-electron chi connectivity index (χ3n) is 4.50. The van der Waals surface area contributed by atoms with Crippen molar-refractivity contribution < 1.29 is 4.79 Å². The summed E-state index contributed by atoms with van der Waals surface area (Å²) in [6.45, 7) is 2.01. The Labute approximate surface area is 156 Å². The van der Waals surface area contributed by atoms with Crippen LogP contribution in [0.3, 0.4) is 0 Å². The molecule has 0 aliphatic carbocycles. The lowest BCUT2D eigenvalue weighted by molar-refractivity contribution is 0.0785. The fraction of sp³-hybridized carbons (Fsp3) is 0.263. The molecule has 3 heterocycles. The molecule has 0 saturated carbocycles. The first-order valence-corrected chi connectivity index (χ1v) is 8.88. The number of aryl methyl sites for hydroxylation is 1. The molecule has 0 radical (unpaired) electrons. The summed E-state index contributed by atoms with van der Waals surface area (Å²) >= 11 is 0. The van der Waals surface area contributed by atoms with Gasteiger partial charge in [-0.2, -0.15) is 10.2 Å². The number of amides is 1. The molecule has 0 atom stereocenters. The number of nitrogens with one attached hydrogen (secondary N) is 1. The number of benzene rings is 1. The van der Waals surface area contributed by atoms with E-state index in [1.807, 2.05) is 45.8 Å². The highest BCUT2D eigenvalue weighted by atomic mass is 16.2. The number of nitrogens with zero attached hydrogens (tertiary/aromatic N) is 6. The zero-order valence-corrected chi connectivity index (χ0v) is 15.1. The van der Waals surface area contributed by atoms with Gasteiger partial charge in [-0.15, -0.1) is 0 Å². The first-order valence-electron chi connectivity index (χ1n) is 8.88. The Kier molecular flexibility index (Phi) is 4.69. The molecule has 138 valence electrons. The number of carbonyl (C=O) groups is 1. The number of para-hydroxylation sites is 2. The van der Waals surface area contributed by atoms with Crippen LogP contribution >= 0.6 is 0 Å². The summed E-state index contributed by atoms with van der Waals surface area (Å²) in [6.07, 6.45) is 6.31. The molecule has 0 unspecified atom stereocenters. The van der Waals surface area contributed by atoms with E-state index in [2.05, 4.69) is 20.3 Å². The number of aromatic amines is 1. The van der Waals surface area contributed by atoms with Crippen molar-refractivity contribution in [3.8, 4) is 0 Å². The SMILES string of the molecule is CN(CCCn1cccn1)C(=O)c1cc(Cn2cnc3ccccc32)[nH]n1. The first kappa shape index (κ1) is 17.0. The molecule has 4 rings (SSSR count). The Bertz CT molecular complexity index is 1030. The average molecular weight is 363 g/mol. The van der Waals surface area contributed by atoms with E-state index in [-0.39, 0.29) is 5.91 Å². The van der Waals surface area contributed by atoms with Gasteiger partial charge in [0.2, 0.25) is 0 Å². The van der Waals surface area contributed by atoms with Crippen molar-refractivity contribution in [3.05, 3.63) is 66.5 Å². The van der Waals surface area contributed by atoms with Gasteiger partial charge in [-0.05, 0) is 30.7 Å². The third-order valence-corrected chi connectivity index (χ3v) is 4.50. The minimum atomic E-state index is -0.0894. The van der Waals surface area contributed by atoms with Crippen molar-refractivity contribution in [3.63, 3.8) is 0 Å². The highest BCUT2D eigenvalue weighted by Gasteiger charge is 2.15. The molecule has 0 aliphatic heterocycles. The van der Waals surface area contributed by atoms with Crippen LogP contribution in [0, 0.1) is 0 Å². The molecule has 0 spiro atoms. The number of H-pyrrole nitrogens is 1. The second-order valence-electron chi connectivity index (χ2n) is 6.49. The van der Waals surface area contributed by atoms with Crippen molar-refractivity contribution in [2.75, 3.05) is 13.6 Å². The quantitative estimate of drug-likeness (QED) is 0.545. The van der Waals surface area contributed by atoms with Crippen LogP contribution in [0.2, 0.25) is 0 Å². The molecule has 4 aromatic rings. The zero-order valence-electron chi connectivity index (χ0n) is 15.1. The number of fused-ring (bicyclic) bond motifs is 1. The van der Waals surface area contributed by atoms with Gasteiger partial charge >= 0.3 is 0 Å². The van der Waals surface area contributed by atoms with Crippen LogP contribution in [0.25, 0.3) is 11.0 Å². The first-order chi connectivity index (χ1) is 13.2. The Morgan fingerprint density at radius 3 is 3.00 bits per heavy atom. The summed E-state index contributed by atoms with van der Waals surface area (Å²) in [5.74, 6) is -0.0894. The average Bonchev–Trinajstić information content (AvgIpc) is 3.43. The molecular formula is C19H21N7O. The summed E-state index contributed by atoms with van der Waals surface area (Å²) in [5.41, 5.74) is 3.29. The van der Waals surface area contributed by atoms with E-state index in [1.54, 1.807) is 30.5 Å². The number of imidazole rings is 1. The van der Waals surface area contributed by atoms with E-state index in [0.717, 1.165) is 29.7 Å². The van der Waals surface area contributed by atoms with Crippen LogP contribution in [0.1, 0.15) is 22.6 Å². The van der Waals surface area contributed by atoms with E-state index >= 15 is 0 Å². The fourth-order valence-electron chi connectivity index (χ4n) is 3.07. The lowest BCUT2D eigenvalue weighted by Crippen LogP contribution is -2.28. The lowest BCUT2D eigenvalue weighted by atomic mass is 10.3. The number of rotatable bonds is 7. The minimum Gasteiger partial charge on any atom is -0.340 e. The van der Waals surface area contributed by atoms with E-state index in [1.165, 1.54) is 0 Å². The van der Waals surface area contributed by atoms with E-state index in [0.29, 0.717) is 18.8 Å². The predicted molar refractivity (Wildman–Crippen MR) is 101 cm³/mol. The van der Waals surface area contributed by atoms with Gasteiger partial charge in [-0.25, -0.2) is 4.98 Å². The Morgan fingerprint density at radius 2 is 2.15 bits per heavy atom. The van der Waals surface area contributed by atoms with Gasteiger partial charge in [0.05, 0.1) is 29.6 Å². The third kappa shape index (κ3) is 3.74. The number of hydrogen-bond donors (Lipinski definition) is 1. The van der Waals surface area contributed by atoms with Crippen LogP contribution in [0.15, 0.2) is 55.1 Å². The molecule has 0 bridgehead atoms. The zero-order chi connectivity index (χ0) is 18.6. The topological polar surface area (TPSA) is 84.6 Å². The smallest absolute Gasteiger partial charge is 0.274 e. The van der Waals surface area contributed by atoms with Gasteiger partial charge in [-0.3, -0.25) is 14.6 Å². The molecule has 0 fully saturated rings. The molecule has 8 heteroatoms. The number of aromatic nitrogens is 6. The second kappa shape index (κ2) is 7.45. The van der Waals surface area contributed by atoms with Gasteiger partial charge in [0.1, 0.15) is 5.69 Å². The second-order valence-corrected chi connectivity index (χ2v) is 6.49. The van der Waals surface area contributed by atoms with Gasteiger partial charge in [0, 0.05) is 32.5 Å². The van der Waals surface area contributed by atoms with Crippen molar-refractivity contribution in [1.29, 1.82) is 0 Å².